The Hall–Kier alpha value is -2.10. The third-order valence-corrected chi connectivity index (χ3v) is 9.22. The summed E-state index contributed by atoms with van der Waals surface area (Å²) in [7, 11) is 1.65. The number of nitrogens with two attached hydrogens (primary N) is 1. The van der Waals surface area contributed by atoms with Crippen molar-refractivity contribution >= 4 is 55.8 Å². The third-order valence-electron chi connectivity index (χ3n) is 6.27. The van der Waals surface area contributed by atoms with E-state index in [9.17, 15) is 0 Å². The molecule has 0 amide bonds. The van der Waals surface area contributed by atoms with E-state index < -0.39 is 36.1 Å². The normalized spacial score (nSPS) is 27.2. The molecule has 10 nitrogen and oxygen atoms in total. The smallest absolute Gasteiger partial charge is 0.184 e. The van der Waals surface area contributed by atoms with Crippen molar-refractivity contribution in [1.29, 1.82) is 0 Å². The molecule has 6 unspecified atom stereocenters. The number of rotatable bonds is 6. The molecule has 0 aliphatic carbocycles. The predicted molar refractivity (Wildman–Crippen MR) is 147 cm³/mol. The highest BCUT2D eigenvalue weighted by Gasteiger charge is 2.52. The monoisotopic (exact) mass is 636 g/mol. The Balaban J connectivity index is 1.36. The Morgan fingerprint density at radius 2 is 2.08 bits per heavy atom. The molecule has 2 saturated heterocycles. The molecule has 38 heavy (non-hydrogen) atoms. The zero-order valence-corrected chi connectivity index (χ0v) is 23.9. The van der Waals surface area contributed by atoms with Gasteiger partial charge in [0.15, 0.2) is 11.4 Å². The lowest BCUT2D eigenvalue weighted by Crippen LogP contribution is -2.59. The van der Waals surface area contributed by atoms with E-state index >= 15 is 0 Å². The van der Waals surface area contributed by atoms with Gasteiger partial charge in [-0.05, 0) is 22.0 Å². The van der Waals surface area contributed by atoms with Crippen molar-refractivity contribution in [3.8, 4) is 11.4 Å². The van der Waals surface area contributed by atoms with Crippen LogP contribution in [0.3, 0.4) is 0 Å². The predicted octanol–water partition coefficient (Wildman–Crippen LogP) is 4.98. The van der Waals surface area contributed by atoms with E-state index in [4.69, 9.17) is 36.3 Å². The first-order chi connectivity index (χ1) is 18.5. The van der Waals surface area contributed by atoms with Crippen LogP contribution in [-0.4, -0.2) is 62.4 Å². The highest BCUT2D eigenvalue weighted by atomic mass is 79.9. The number of aromatic nitrogens is 5. The number of anilines is 1. The summed E-state index contributed by atoms with van der Waals surface area (Å²) in [4.78, 5) is 9.47. The van der Waals surface area contributed by atoms with Crippen molar-refractivity contribution < 1.29 is 18.9 Å². The molecular formula is C24H22BrClN6O4S2. The molecule has 2 aliphatic rings. The van der Waals surface area contributed by atoms with Crippen molar-refractivity contribution in [3.05, 3.63) is 69.4 Å². The Morgan fingerprint density at radius 3 is 2.84 bits per heavy atom. The first-order valence-electron chi connectivity index (χ1n) is 11.6. The molecule has 6 rings (SSSR count). The van der Waals surface area contributed by atoms with Gasteiger partial charge in [-0.25, -0.2) is 14.6 Å². The van der Waals surface area contributed by atoms with E-state index in [1.54, 1.807) is 18.0 Å². The number of thioether (sulfide) groups is 1. The molecule has 3 aromatic heterocycles. The Kier molecular flexibility index (Phi) is 7.69. The summed E-state index contributed by atoms with van der Waals surface area (Å²) in [5.41, 5.74) is 7.57. The summed E-state index contributed by atoms with van der Waals surface area (Å²) in [6.45, 7) is 0.327. The van der Waals surface area contributed by atoms with Crippen molar-refractivity contribution in [2.75, 3.05) is 19.5 Å². The van der Waals surface area contributed by atoms with Gasteiger partial charge >= 0.3 is 0 Å². The van der Waals surface area contributed by atoms with Crippen LogP contribution in [0.1, 0.15) is 17.9 Å². The highest BCUT2D eigenvalue weighted by molar-refractivity contribution is 9.10. The lowest BCUT2D eigenvalue weighted by molar-refractivity contribution is -0.308. The molecule has 0 saturated carbocycles. The molecule has 198 valence electrons. The molecule has 2 fully saturated rings. The molecular weight excluding hydrogens is 616 g/mol. The second kappa shape index (κ2) is 11.2. The molecule has 6 atom stereocenters. The maximum absolute atomic E-state index is 6.53. The molecule has 2 aliphatic heterocycles. The number of halogens is 2. The SMILES string of the molecule is COC1C(Sc2cc(Cl)cnc2Br)OC2COC(c3ccccc3)OC2C1n1cc(-c2csc(N)n2)nn1. The van der Waals surface area contributed by atoms with Gasteiger partial charge in [0.05, 0.1) is 17.8 Å². The van der Waals surface area contributed by atoms with E-state index in [0.717, 1.165) is 10.5 Å². The van der Waals surface area contributed by atoms with Crippen LogP contribution in [0.4, 0.5) is 5.13 Å². The van der Waals surface area contributed by atoms with Crippen molar-refractivity contribution in [2.45, 2.75) is 41.0 Å². The minimum Gasteiger partial charge on any atom is -0.375 e. The summed E-state index contributed by atoms with van der Waals surface area (Å²) in [5.74, 6) is 0. The van der Waals surface area contributed by atoms with E-state index in [2.05, 4.69) is 36.2 Å². The van der Waals surface area contributed by atoms with Gasteiger partial charge in [-0.2, -0.15) is 0 Å². The maximum Gasteiger partial charge on any atom is 0.184 e. The lowest BCUT2D eigenvalue weighted by atomic mass is 9.95. The molecule has 5 heterocycles. The van der Waals surface area contributed by atoms with Crippen LogP contribution in [0, 0.1) is 0 Å². The average molecular weight is 638 g/mol. The fraction of sp³-hybridized carbons (Fsp3) is 0.333. The van der Waals surface area contributed by atoms with Gasteiger partial charge in [-0.1, -0.05) is 58.9 Å². The van der Waals surface area contributed by atoms with Crippen LogP contribution < -0.4 is 5.73 Å². The second-order valence-electron chi connectivity index (χ2n) is 8.63. The quantitative estimate of drug-likeness (QED) is 0.290. The largest absolute Gasteiger partial charge is 0.375 e. The number of fused-ring (bicyclic) bond motifs is 1. The molecule has 0 spiro atoms. The third kappa shape index (κ3) is 5.21. The fourth-order valence-electron chi connectivity index (χ4n) is 4.55. The second-order valence-corrected chi connectivity index (χ2v) is 11.8. The number of pyridine rings is 1. The van der Waals surface area contributed by atoms with Crippen LogP contribution in [0.5, 0.6) is 0 Å². The van der Waals surface area contributed by atoms with E-state index in [1.165, 1.54) is 23.1 Å². The number of hydrogen-bond acceptors (Lipinski definition) is 11. The first-order valence-corrected chi connectivity index (χ1v) is 14.5. The number of ether oxygens (including phenoxy) is 4. The molecule has 1 aromatic carbocycles. The van der Waals surface area contributed by atoms with Crippen molar-refractivity contribution in [1.82, 2.24) is 25.0 Å². The number of nitrogens with zero attached hydrogens (tertiary/aromatic N) is 5. The van der Waals surface area contributed by atoms with Crippen LogP contribution in [0.25, 0.3) is 11.4 Å². The number of hydrogen-bond donors (Lipinski definition) is 1. The van der Waals surface area contributed by atoms with E-state index in [-0.39, 0.29) is 0 Å². The number of thiazole rings is 1. The van der Waals surface area contributed by atoms with Gasteiger partial charge < -0.3 is 24.7 Å². The number of nitrogen functional groups attached to an aromatic ring is 1. The van der Waals surface area contributed by atoms with Gasteiger partial charge in [0.25, 0.3) is 0 Å². The lowest BCUT2D eigenvalue weighted by Gasteiger charge is -2.48. The Labute approximate surface area is 239 Å². The van der Waals surface area contributed by atoms with Gasteiger partial charge in [0.2, 0.25) is 0 Å². The summed E-state index contributed by atoms with van der Waals surface area (Å²) >= 11 is 12.5. The van der Waals surface area contributed by atoms with Crippen molar-refractivity contribution in [3.63, 3.8) is 0 Å². The van der Waals surface area contributed by atoms with Crippen molar-refractivity contribution in [2.24, 2.45) is 0 Å². The number of benzene rings is 1. The number of methoxy groups -OCH3 is 1. The van der Waals surface area contributed by atoms with E-state index in [1.807, 2.05) is 48.0 Å². The fourth-order valence-corrected chi connectivity index (χ4v) is 7.03. The zero-order valence-electron chi connectivity index (χ0n) is 19.9. The molecule has 14 heteroatoms. The van der Waals surface area contributed by atoms with Gasteiger partial charge in [-0.3, -0.25) is 0 Å². The topological polar surface area (TPSA) is 119 Å². The molecule has 2 N–H and O–H groups in total. The van der Waals surface area contributed by atoms with Gasteiger partial charge in [-0.15, -0.1) is 16.4 Å². The molecule has 0 bridgehead atoms. The summed E-state index contributed by atoms with van der Waals surface area (Å²) in [6.07, 6.45) is 1.56. The summed E-state index contributed by atoms with van der Waals surface area (Å²) in [6, 6.07) is 11.2. The highest BCUT2D eigenvalue weighted by Crippen LogP contribution is 2.45. The Bertz CT molecular complexity index is 1410. The van der Waals surface area contributed by atoms with Gasteiger partial charge in [0.1, 0.15) is 45.8 Å². The summed E-state index contributed by atoms with van der Waals surface area (Å²) in [5, 5.41) is 11.7. The minimum absolute atomic E-state index is 0.327. The van der Waals surface area contributed by atoms with Crippen LogP contribution in [-0.2, 0) is 18.9 Å². The van der Waals surface area contributed by atoms with E-state index in [0.29, 0.717) is 32.8 Å². The minimum atomic E-state index is -0.558. The maximum atomic E-state index is 6.53. The molecule has 4 aromatic rings. The average Bonchev–Trinajstić information content (AvgIpc) is 3.59. The van der Waals surface area contributed by atoms with Gasteiger partial charge in [0, 0.05) is 29.1 Å². The first kappa shape index (κ1) is 26.1. The standard InChI is InChI=1S/C24H22BrClN6O4S2/c1-33-20-18(32-9-14(30-31-32)15-11-37-24(27)29-15)19-16(10-34-22(36-19)12-5-3-2-4-6-12)35-23(20)38-17-7-13(26)8-28-21(17)25/h2-9,11,16,18-20,22-23H,10H2,1H3,(H2,27,29). The van der Waals surface area contributed by atoms with Crippen LogP contribution in [0.2, 0.25) is 5.02 Å². The zero-order chi connectivity index (χ0) is 26.2. The van der Waals surface area contributed by atoms with Crippen LogP contribution >= 0.6 is 50.6 Å². The Morgan fingerprint density at radius 1 is 1.24 bits per heavy atom. The van der Waals surface area contributed by atoms with Crippen LogP contribution in [0.15, 0.2) is 63.7 Å². The molecule has 0 radical (unpaired) electrons. The summed E-state index contributed by atoms with van der Waals surface area (Å²) < 4.78 is 27.7.